The van der Waals surface area contributed by atoms with Crippen molar-refractivity contribution in [3.63, 3.8) is 0 Å². The Hall–Kier alpha value is -1.17. The zero-order chi connectivity index (χ0) is 11.8. The van der Waals surface area contributed by atoms with E-state index in [2.05, 4.69) is 24.1 Å². The molecule has 1 fully saturated rings. The van der Waals surface area contributed by atoms with Crippen molar-refractivity contribution in [2.45, 2.75) is 39.2 Å². The predicted molar refractivity (Wildman–Crippen MR) is 63.8 cm³/mol. The molecule has 0 bridgehead atoms. The fraction of sp³-hybridized carbons (Fsp3) is 0.700. The molecule has 5 nitrogen and oxygen atoms in total. The first kappa shape index (κ1) is 11.3. The molecule has 1 aliphatic rings. The highest BCUT2D eigenvalue weighted by Crippen LogP contribution is 2.39. The highest BCUT2D eigenvalue weighted by Gasteiger charge is 2.34. The zero-order valence-electron chi connectivity index (χ0n) is 9.40. The molecule has 2 rings (SSSR count). The third kappa shape index (κ3) is 2.16. The van der Waals surface area contributed by atoms with Crippen molar-refractivity contribution in [1.82, 2.24) is 4.98 Å². The topological polar surface area (TPSA) is 68.1 Å². The monoisotopic (exact) mass is 241 g/mol. The Morgan fingerprint density at radius 1 is 1.69 bits per heavy atom. The van der Waals surface area contributed by atoms with Gasteiger partial charge in [-0.25, -0.2) is 4.98 Å². The van der Waals surface area contributed by atoms with Gasteiger partial charge < -0.3 is 5.32 Å². The summed E-state index contributed by atoms with van der Waals surface area (Å²) >= 11 is 1.11. The van der Waals surface area contributed by atoms with Gasteiger partial charge in [0.1, 0.15) is 6.20 Å². The number of nitrogens with one attached hydrogen (secondary N) is 1. The van der Waals surface area contributed by atoms with Gasteiger partial charge in [-0.3, -0.25) is 10.1 Å². The van der Waals surface area contributed by atoms with Crippen LogP contribution in [0.15, 0.2) is 6.20 Å². The molecule has 0 aromatic carbocycles. The maximum atomic E-state index is 10.5. The standard InChI is InChI=1S/C10H15N3O2S/c1-10(2)5-3-4-7(10)12-9-11-6-8(16-9)13(14)15/h6-7H,3-5H2,1-2H3,(H,11,12). The van der Waals surface area contributed by atoms with Crippen molar-refractivity contribution in [3.05, 3.63) is 16.3 Å². The van der Waals surface area contributed by atoms with E-state index in [4.69, 9.17) is 0 Å². The predicted octanol–water partition coefficient (Wildman–Crippen LogP) is 3.04. The molecule has 0 spiro atoms. The number of hydrogen-bond acceptors (Lipinski definition) is 5. The van der Waals surface area contributed by atoms with Gasteiger partial charge in [-0.1, -0.05) is 20.3 Å². The second-order valence-corrected chi connectivity index (χ2v) is 5.85. The summed E-state index contributed by atoms with van der Waals surface area (Å²) < 4.78 is 0. The van der Waals surface area contributed by atoms with Gasteiger partial charge in [0.2, 0.25) is 0 Å². The van der Waals surface area contributed by atoms with E-state index in [1.165, 1.54) is 19.0 Å². The summed E-state index contributed by atoms with van der Waals surface area (Å²) in [5.74, 6) is 0. The van der Waals surface area contributed by atoms with Crippen LogP contribution in [0.2, 0.25) is 0 Å². The van der Waals surface area contributed by atoms with Gasteiger partial charge in [-0.05, 0) is 29.6 Å². The van der Waals surface area contributed by atoms with E-state index in [1.807, 2.05) is 0 Å². The summed E-state index contributed by atoms with van der Waals surface area (Å²) in [6, 6.07) is 0.373. The summed E-state index contributed by atoms with van der Waals surface area (Å²) in [5.41, 5.74) is 0.250. The van der Waals surface area contributed by atoms with E-state index in [1.54, 1.807) is 0 Å². The van der Waals surface area contributed by atoms with Gasteiger partial charge in [-0.2, -0.15) is 0 Å². The minimum atomic E-state index is -0.400. The normalized spacial score (nSPS) is 23.2. The number of thiazole rings is 1. The Balaban J connectivity index is 2.06. The molecule has 6 heteroatoms. The van der Waals surface area contributed by atoms with Crippen molar-refractivity contribution >= 4 is 21.5 Å². The van der Waals surface area contributed by atoms with E-state index in [0.29, 0.717) is 11.2 Å². The minimum absolute atomic E-state index is 0.0957. The van der Waals surface area contributed by atoms with Gasteiger partial charge in [0.15, 0.2) is 5.13 Å². The third-order valence-corrected chi connectivity index (χ3v) is 4.11. The van der Waals surface area contributed by atoms with Crippen LogP contribution in [0.25, 0.3) is 0 Å². The van der Waals surface area contributed by atoms with Crippen LogP contribution in [0, 0.1) is 15.5 Å². The van der Waals surface area contributed by atoms with Gasteiger partial charge in [0.05, 0.1) is 4.92 Å². The summed E-state index contributed by atoms with van der Waals surface area (Å²) in [7, 11) is 0. The lowest BCUT2D eigenvalue weighted by atomic mass is 9.87. The second-order valence-electron chi connectivity index (χ2n) is 4.84. The molecule has 1 saturated carbocycles. The Morgan fingerprint density at radius 2 is 2.44 bits per heavy atom. The van der Waals surface area contributed by atoms with E-state index >= 15 is 0 Å². The lowest BCUT2D eigenvalue weighted by molar-refractivity contribution is -0.380. The van der Waals surface area contributed by atoms with Gasteiger partial charge in [0, 0.05) is 6.04 Å². The SMILES string of the molecule is CC1(C)CCCC1Nc1ncc([N+](=O)[O-])s1. The van der Waals surface area contributed by atoms with E-state index in [9.17, 15) is 10.1 Å². The van der Waals surface area contributed by atoms with E-state index in [0.717, 1.165) is 17.8 Å². The Bertz CT molecular complexity index is 403. The van der Waals surface area contributed by atoms with Crippen molar-refractivity contribution < 1.29 is 4.92 Å². The summed E-state index contributed by atoms with van der Waals surface area (Å²) in [5, 5.41) is 14.6. The average Bonchev–Trinajstić information content (AvgIpc) is 2.75. The van der Waals surface area contributed by atoms with Crippen LogP contribution >= 0.6 is 11.3 Å². The van der Waals surface area contributed by atoms with Crippen LogP contribution in [0.3, 0.4) is 0 Å². The number of nitro groups is 1. The molecule has 1 atom stereocenters. The molecule has 1 aromatic rings. The highest BCUT2D eigenvalue weighted by molar-refractivity contribution is 7.18. The quantitative estimate of drug-likeness (QED) is 0.652. The fourth-order valence-corrected chi connectivity index (χ4v) is 2.84. The molecule has 16 heavy (non-hydrogen) atoms. The number of hydrogen-bond donors (Lipinski definition) is 1. The van der Waals surface area contributed by atoms with E-state index in [-0.39, 0.29) is 10.4 Å². The molecule has 0 saturated heterocycles. The molecular formula is C10H15N3O2S. The molecule has 1 unspecified atom stereocenters. The Morgan fingerprint density at radius 3 is 2.94 bits per heavy atom. The van der Waals surface area contributed by atoms with Crippen molar-refractivity contribution in [3.8, 4) is 0 Å². The number of aromatic nitrogens is 1. The maximum Gasteiger partial charge on any atom is 0.345 e. The second kappa shape index (κ2) is 4.01. The summed E-state index contributed by atoms with van der Waals surface area (Å²) in [6.07, 6.45) is 4.82. The van der Waals surface area contributed by atoms with Crippen molar-refractivity contribution in [2.24, 2.45) is 5.41 Å². The van der Waals surface area contributed by atoms with Crippen LogP contribution in [-0.4, -0.2) is 15.9 Å². The lowest BCUT2D eigenvalue weighted by Crippen LogP contribution is -2.30. The highest BCUT2D eigenvalue weighted by atomic mass is 32.1. The third-order valence-electron chi connectivity index (χ3n) is 3.23. The molecule has 1 aliphatic carbocycles. The van der Waals surface area contributed by atoms with Gasteiger partial charge in [0.25, 0.3) is 0 Å². The first-order valence-corrected chi connectivity index (χ1v) is 6.17. The van der Waals surface area contributed by atoms with Crippen LogP contribution in [0.1, 0.15) is 33.1 Å². The molecule has 1 heterocycles. The number of anilines is 1. The zero-order valence-corrected chi connectivity index (χ0v) is 10.2. The molecule has 0 aliphatic heterocycles. The molecule has 88 valence electrons. The fourth-order valence-electron chi connectivity index (χ4n) is 2.16. The first-order valence-electron chi connectivity index (χ1n) is 5.36. The largest absolute Gasteiger partial charge is 0.358 e. The molecule has 0 amide bonds. The number of rotatable bonds is 3. The average molecular weight is 241 g/mol. The van der Waals surface area contributed by atoms with Crippen LogP contribution in [-0.2, 0) is 0 Å². The first-order chi connectivity index (χ1) is 7.49. The maximum absolute atomic E-state index is 10.5. The van der Waals surface area contributed by atoms with Crippen LogP contribution < -0.4 is 5.32 Å². The minimum Gasteiger partial charge on any atom is -0.358 e. The van der Waals surface area contributed by atoms with Crippen molar-refractivity contribution in [1.29, 1.82) is 0 Å². The molecule has 1 N–H and O–H groups in total. The Labute approximate surface area is 98.0 Å². The van der Waals surface area contributed by atoms with Crippen molar-refractivity contribution in [2.75, 3.05) is 5.32 Å². The summed E-state index contributed by atoms with van der Waals surface area (Å²) in [4.78, 5) is 14.2. The van der Waals surface area contributed by atoms with E-state index < -0.39 is 4.92 Å². The molecular weight excluding hydrogens is 226 g/mol. The van der Waals surface area contributed by atoms with Gasteiger partial charge >= 0.3 is 5.00 Å². The lowest BCUT2D eigenvalue weighted by Gasteiger charge is -2.27. The molecule has 0 radical (unpaired) electrons. The van der Waals surface area contributed by atoms with Crippen LogP contribution in [0.4, 0.5) is 10.1 Å². The smallest absolute Gasteiger partial charge is 0.345 e. The van der Waals surface area contributed by atoms with Crippen LogP contribution in [0.5, 0.6) is 0 Å². The number of nitrogens with zero attached hydrogens (tertiary/aromatic N) is 2. The summed E-state index contributed by atoms with van der Waals surface area (Å²) in [6.45, 7) is 4.44. The molecule has 1 aromatic heterocycles. The Kier molecular flexibility index (Phi) is 2.84. The van der Waals surface area contributed by atoms with Gasteiger partial charge in [-0.15, -0.1) is 0 Å².